The molecule has 3 aromatic rings. The molecule has 0 aliphatic carbocycles. The Morgan fingerprint density at radius 1 is 1.12 bits per heavy atom. The molecule has 3 rings (SSSR count). The molecule has 0 atom stereocenters. The van der Waals surface area contributed by atoms with Crippen molar-refractivity contribution in [3.05, 3.63) is 75.0 Å². The van der Waals surface area contributed by atoms with Gasteiger partial charge >= 0.3 is 0 Å². The van der Waals surface area contributed by atoms with Crippen LogP contribution in [0, 0.1) is 13.8 Å². The van der Waals surface area contributed by atoms with Crippen molar-refractivity contribution in [3.63, 3.8) is 0 Å². The van der Waals surface area contributed by atoms with Crippen LogP contribution in [0.4, 0.5) is 0 Å². The van der Waals surface area contributed by atoms with E-state index in [2.05, 4.69) is 28.3 Å². The summed E-state index contributed by atoms with van der Waals surface area (Å²) in [6.45, 7) is 3.93. The molecule has 25 heavy (non-hydrogen) atoms. The van der Waals surface area contributed by atoms with Crippen LogP contribution in [0.2, 0.25) is 10.0 Å². The summed E-state index contributed by atoms with van der Waals surface area (Å²) in [6, 6.07) is 13.6. The van der Waals surface area contributed by atoms with E-state index < -0.39 is 0 Å². The van der Waals surface area contributed by atoms with Crippen molar-refractivity contribution in [1.82, 2.24) is 14.9 Å². The molecule has 2 aromatic carbocycles. The predicted octanol–water partition coefficient (Wildman–Crippen LogP) is 5.38. The Bertz CT molecular complexity index is 921. The average molecular weight is 391 g/mol. The van der Waals surface area contributed by atoms with Crippen LogP contribution in [0.1, 0.15) is 22.5 Å². The van der Waals surface area contributed by atoms with E-state index in [-0.39, 0.29) is 0 Å². The molecule has 0 aliphatic rings. The van der Waals surface area contributed by atoms with E-state index >= 15 is 0 Å². The molecular formula is C18H16Cl2N4S. The second-order valence-corrected chi connectivity index (χ2v) is 7.25. The molecule has 0 amide bonds. The van der Waals surface area contributed by atoms with Crippen LogP contribution in [0.5, 0.6) is 0 Å². The van der Waals surface area contributed by atoms with E-state index in [0.717, 1.165) is 17.0 Å². The summed E-state index contributed by atoms with van der Waals surface area (Å²) in [5.41, 5.74) is 3.22. The fourth-order valence-electron chi connectivity index (χ4n) is 2.19. The van der Waals surface area contributed by atoms with Gasteiger partial charge in [-0.25, -0.2) is 0 Å². The first-order valence-electron chi connectivity index (χ1n) is 7.63. The molecule has 1 heterocycles. The topological polar surface area (TPSA) is 43.1 Å². The van der Waals surface area contributed by atoms with Crippen molar-refractivity contribution in [2.75, 3.05) is 0 Å². The molecule has 0 unspecified atom stereocenters. The lowest BCUT2D eigenvalue weighted by Crippen LogP contribution is -1.97. The van der Waals surface area contributed by atoms with Gasteiger partial charge in [-0.2, -0.15) is 9.78 Å². The van der Waals surface area contributed by atoms with Gasteiger partial charge in [0.15, 0.2) is 5.82 Å². The van der Waals surface area contributed by atoms with Crippen molar-refractivity contribution < 1.29 is 0 Å². The van der Waals surface area contributed by atoms with Crippen LogP contribution in [0.15, 0.2) is 52.7 Å². The summed E-state index contributed by atoms with van der Waals surface area (Å²) >= 11 is 13.7. The van der Waals surface area contributed by atoms with Crippen LogP contribution < -0.4 is 0 Å². The molecule has 1 aromatic heterocycles. The molecule has 0 saturated carbocycles. The Balaban J connectivity index is 1.79. The molecular weight excluding hydrogens is 375 g/mol. The first-order valence-corrected chi connectivity index (χ1v) is 9.37. The van der Waals surface area contributed by atoms with Gasteiger partial charge < -0.3 is 0 Å². The number of aryl methyl sites for hydroxylation is 2. The lowest BCUT2D eigenvalue weighted by Gasteiger charge is -2.05. The molecule has 7 heteroatoms. The van der Waals surface area contributed by atoms with E-state index in [1.807, 2.05) is 43.5 Å². The zero-order valence-corrected chi connectivity index (χ0v) is 16.1. The van der Waals surface area contributed by atoms with E-state index in [0.29, 0.717) is 21.0 Å². The van der Waals surface area contributed by atoms with Crippen molar-refractivity contribution in [3.8, 4) is 0 Å². The summed E-state index contributed by atoms with van der Waals surface area (Å²) in [5.74, 6) is 1.39. The fourth-order valence-corrected chi connectivity index (χ4v) is 3.68. The van der Waals surface area contributed by atoms with Crippen molar-refractivity contribution >= 4 is 41.2 Å². The van der Waals surface area contributed by atoms with Crippen molar-refractivity contribution in [1.29, 1.82) is 0 Å². The van der Waals surface area contributed by atoms with Crippen LogP contribution in [0.25, 0.3) is 0 Å². The minimum absolute atomic E-state index is 0.626. The minimum Gasteiger partial charge on any atom is -0.192 e. The molecule has 4 nitrogen and oxygen atoms in total. The molecule has 0 radical (unpaired) electrons. The van der Waals surface area contributed by atoms with Crippen LogP contribution in [0.3, 0.4) is 0 Å². The molecule has 128 valence electrons. The van der Waals surface area contributed by atoms with E-state index in [1.165, 1.54) is 17.3 Å². The van der Waals surface area contributed by atoms with E-state index in [9.17, 15) is 0 Å². The van der Waals surface area contributed by atoms with Gasteiger partial charge in [-0.1, -0.05) is 65.3 Å². The van der Waals surface area contributed by atoms with Gasteiger partial charge in [0.05, 0.1) is 6.21 Å². The Labute approximate surface area is 160 Å². The first kappa shape index (κ1) is 18.0. The molecule has 0 saturated heterocycles. The Morgan fingerprint density at radius 2 is 1.92 bits per heavy atom. The summed E-state index contributed by atoms with van der Waals surface area (Å²) in [7, 11) is 0. The number of benzene rings is 2. The highest BCUT2D eigenvalue weighted by molar-refractivity contribution is 7.98. The highest BCUT2D eigenvalue weighted by Crippen LogP contribution is 2.28. The number of rotatable bonds is 5. The quantitative estimate of drug-likeness (QED) is 0.433. The van der Waals surface area contributed by atoms with Gasteiger partial charge in [0.2, 0.25) is 5.16 Å². The Kier molecular flexibility index (Phi) is 5.78. The summed E-state index contributed by atoms with van der Waals surface area (Å²) in [6.07, 6.45) is 1.82. The predicted molar refractivity (Wildman–Crippen MR) is 105 cm³/mol. The standard InChI is InChI=1S/C18H16Cl2N4S/c1-12-5-3-4-6-14(12)10-21-24-13(2)22-23-18(24)25-11-15-7-8-16(19)9-17(15)20/h3-10H,11H2,1-2H3/b21-10-. The largest absolute Gasteiger partial charge is 0.212 e. The zero-order chi connectivity index (χ0) is 17.8. The normalized spacial score (nSPS) is 11.4. The lowest BCUT2D eigenvalue weighted by molar-refractivity contribution is 0.744. The summed E-state index contributed by atoms with van der Waals surface area (Å²) in [5, 5.41) is 14.9. The number of halogens is 2. The van der Waals surface area contributed by atoms with Gasteiger partial charge in [-0.05, 0) is 42.7 Å². The third-order valence-corrected chi connectivity index (χ3v) is 5.20. The molecule has 0 N–H and O–H groups in total. The zero-order valence-electron chi connectivity index (χ0n) is 13.8. The third-order valence-electron chi connectivity index (χ3n) is 3.64. The molecule has 0 bridgehead atoms. The van der Waals surface area contributed by atoms with E-state index in [4.69, 9.17) is 23.2 Å². The molecule has 0 spiro atoms. The van der Waals surface area contributed by atoms with Gasteiger partial charge in [-0.3, -0.25) is 0 Å². The highest BCUT2D eigenvalue weighted by Gasteiger charge is 2.10. The summed E-state index contributed by atoms with van der Waals surface area (Å²) in [4.78, 5) is 0. The van der Waals surface area contributed by atoms with Crippen LogP contribution in [-0.2, 0) is 5.75 Å². The monoisotopic (exact) mass is 390 g/mol. The average Bonchev–Trinajstić information content (AvgIpc) is 2.93. The fraction of sp³-hybridized carbons (Fsp3) is 0.167. The van der Waals surface area contributed by atoms with Crippen LogP contribution in [-0.4, -0.2) is 21.1 Å². The SMILES string of the molecule is Cc1ccccc1/C=N\n1c(C)nnc1SCc1ccc(Cl)cc1Cl. The number of aromatic nitrogens is 3. The van der Waals surface area contributed by atoms with Gasteiger partial charge in [0.1, 0.15) is 0 Å². The maximum Gasteiger partial charge on any atom is 0.212 e. The summed E-state index contributed by atoms with van der Waals surface area (Å²) < 4.78 is 1.74. The van der Waals surface area contributed by atoms with Gasteiger partial charge in [0.25, 0.3) is 0 Å². The van der Waals surface area contributed by atoms with Crippen molar-refractivity contribution in [2.24, 2.45) is 5.10 Å². The number of hydrogen-bond acceptors (Lipinski definition) is 4. The van der Waals surface area contributed by atoms with E-state index in [1.54, 1.807) is 10.7 Å². The maximum atomic E-state index is 6.23. The van der Waals surface area contributed by atoms with Gasteiger partial charge in [-0.15, -0.1) is 10.2 Å². The molecule has 0 aliphatic heterocycles. The number of nitrogens with zero attached hydrogens (tertiary/aromatic N) is 4. The Morgan fingerprint density at radius 3 is 2.68 bits per heavy atom. The smallest absolute Gasteiger partial charge is 0.192 e. The third kappa shape index (κ3) is 4.42. The Hall–Kier alpha value is -1.82. The van der Waals surface area contributed by atoms with Crippen LogP contribution >= 0.6 is 35.0 Å². The maximum absolute atomic E-state index is 6.23. The van der Waals surface area contributed by atoms with Crippen molar-refractivity contribution in [2.45, 2.75) is 24.8 Å². The molecule has 0 fully saturated rings. The second kappa shape index (κ2) is 8.04. The minimum atomic E-state index is 0.626. The number of hydrogen-bond donors (Lipinski definition) is 0. The first-order chi connectivity index (χ1) is 12.0. The van der Waals surface area contributed by atoms with Gasteiger partial charge in [0, 0.05) is 15.8 Å². The lowest BCUT2D eigenvalue weighted by atomic mass is 10.1. The second-order valence-electron chi connectivity index (χ2n) is 5.47. The number of thioether (sulfide) groups is 1. The highest BCUT2D eigenvalue weighted by atomic mass is 35.5.